The Morgan fingerprint density at radius 1 is 1.26 bits per heavy atom. The van der Waals surface area contributed by atoms with E-state index in [4.69, 9.17) is 4.74 Å². The monoisotopic (exact) mass is 316 g/mol. The molecule has 3 rings (SSSR count). The number of rotatable bonds is 2. The first-order valence-corrected chi connectivity index (χ1v) is 8.76. The maximum Gasteiger partial charge on any atom is 0.226 e. The Hall–Kier alpha value is -1.39. The predicted molar refractivity (Wildman–Crippen MR) is 91.4 cm³/mol. The van der Waals surface area contributed by atoms with Crippen LogP contribution in [0.4, 0.5) is 0 Å². The molecular weight excluding hydrogens is 288 g/mol. The molecule has 1 N–H and O–H groups in total. The first kappa shape index (κ1) is 16.5. The fourth-order valence-electron chi connectivity index (χ4n) is 3.66. The Bertz CT molecular complexity index is 566. The van der Waals surface area contributed by atoms with Gasteiger partial charge in [0.1, 0.15) is 6.10 Å². The zero-order valence-electron chi connectivity index (χ0n) is 14.5. The summed E-state index contributed by atoms with van der Waals surface area (Å²) in [5.74, 6) is 0.494. The summed E-state index contributed by atoms with van der Waals surface area (Å²) in [5.41, 5.74) is 3.70. The summed E-state index contributed by atoms with van der Waals surface area (Å²) in [6, 6.07) is 6.63. The molecule has 0 unspecified atom stereocenters. The molecule has 1 aromatic carbocycles. The SMILES string of the molecule is Cc1ccc(C)c([C@@H]2CN(C(=O)C3CCNCC3)[C@@H](C)CO2)c1. The van der Waals surface area contributed by atoms with Crippen LogP contribution in [-0.2, 0) is 9.53 Å². The standard InChI is InChI=1S/C19H28N2O2/c1-13-4-5-14(2)17(10-13)18-11-21(15(3)12-23-18)19(22)16-6-8-20-9-7-16/h4-5,10,15-16,18,20H,6-9,11-12H2,1-3H3/t15-,18-/m0/s1. The van der Waals surface area contributed by atoms with Gasteiger partial charge in [0, 0.05) is 5.92 Å². The van der Waals surface area contributed by atoms with E-state index in [0.29, 0.717) is 19.1 Å². The van der Waals surface area contributed by atoms with Gasteiger partial charge in [-0.05, 0) is 57.8 Å². The van der Waals surface area contributed by atoms with E-state index in [1.54, 1.807) is 0 Å². The Morgan fingerprint density at radius 2 is 2.00 bits per heavy atom. The Balaban J connectivity index is 1.76. The van der Waals surface area contributed by atoms with Crippen LogP contribution in [0.15, 0.2) is 18.2 Å². The average molecular weight is 316 g/mol. The highest BCUT2D eigenvalue weighted by molar-refractivity contribution is 5.79. The molecule has 1 amide bonds. The van der Waals surface area contributed by atoms with Gasteiger partial charge in [0.15, 0.2) is 0 Å². The third kappa shape index (κ3) is 3.59. The van der Waals surface area contributed by atoms with Crippen LogP contribution in [-0.4, -0.2) is 43.1 Å². The van der Waals surface area contributed by atoms with Crippen molar-refractivity contribution < 1.29 is 9.53 Å². The van der Waals surface area contributed by atoms with E-state index in [9.17, 15) is 4.79 Å². The minimum Gasteiger partial charge on any atom is -0.370 e. The molecule has 2 aliphatic heterocycles. The number of benzene rings is 1. The molecule has 2 atom stereocenters. The van der Waals surface area contributed by atoms with Crippen molar-refractivity contribution >= 4 is 5.91 Å². The number of ether oxygens (including phenoxy) is 1. The van der Waals surface area contributed by atoms with Crippen LogP contribution < -0.4 is 5.32 Å². The highest BCUT2D eigenvalue weighted by atomic mass is 16.5. The highest BCUT2D eigenvalue weighted by Crippen LogP contribution is 2.29. The van der Waals surface area contributed by atoms with Gasteiger partial charge >= 0.3 is 0 Å². The minimum atomic E-state index is -0.00299. The van der Waals surface area contributed by atoms with E-state index in [1.807, 2.05) is 0 Å². The van der Waals surface area contributed by atoms with Gasteiger partial charge in [-0.15, -0.1) is 0 Å². The highest BCUT2D eigenvalue weighted by Gasteiger charge is 2.34. The lowest BCUT2D eigenvalue weighted by atomic mass is 9.94. The summed E-state index contributed by atoms with van der Waals surface area (Å²) in [4.78, 5) is 15.0. The lowest BCUT2D eigenvalue weighted by Crippen LogP contribution is -2.51. The van der Waals surface area contributed by atoms with Crippen LogP contribution in [0.5, 0.6) is 0 Å². The maximum absolute atomic E-state index is 12.9. The van der Waals surface area contributed by atoms with E-state index < -0.39 is 0 Å². The van der Waals surface area contributed by atoms with Crippen LogP contribution in [0.25, 0.3) is 0 Å². The van der Waals surface area contributed by atoms with Crippen molar-refractivity contribution in [2.75, 3.05) is 26.2 Å². The van der Waals surface area contributed by atoms with E-state index in [-0.39, 0.29) is 18.1 Å². The Labute approximate surface area is 139 Å². The van der Waals surface area contributed by atoms with Crippen molar-refractivity contribution in [1.29, 1.82) is 0 Å². The van der Waals surface area contributed by atoms with Crippen LogP contribution in [0, 0.1) is 19.8 Å². The van der Waals surface area contributed by atoms with Crippen molar-refractivity contribution in [2.45, 2.75) is 45.8 Å². The van der Waals surface area contributed by atoms with E-state index in [0.717, 1.165) is 25.9 Å². The van der Waals surface area contributed by atoms with Crippen molar-refractivity contribution in [3.8, 4) is 0 Å². The summed E-state index contributed by atoms with van der Waals surface area (Å²) in [6.45, 7) is 9.52. The second-order valence-electron chi connectivity index (χ2n) is 7.05. The minimum absolute atomic E-state index is 0.00299. The van der Waals surface area contributed by atoms with E-state index >= 15 is 0 Å². The molecule has 0 saturated carbocycles. The van der Waals surface area contributed by atoms with Crippen molar-refractivity contribution in [3.05, 3.63) is 34.9 Å². The number of carbonyl (C=O) groups is 1. The number of carbonyl (C=O) groups excluding carboxylic acids is 1. The van der Waals surface area contributed by atoms with Crippen LogP contribution in [0.3, 0.4) is 0 Å². The smallest absolute Gasteiger partial charge is 0.226 e. The van der Waals surface area contributed by atoms with Crippen molar-refractivity contribution in [3.63, 3.8) is 0 Å². The summed E-state index contributed by atoms with van der Waals surface area (Å²) in [5, 5.41) is 3.34. The molecule has 0 radical (unpaired) electrons. The first-order valence-electron chi connectivity index (χ1n) is 8.76. The Morgan fingerprint density at radius 3 is 2.74 bits per heavy atom. The fourth-order valence-corrected chi connectivity index (χ4v) is 3.66. The predicted octanol–water partition coefficient (Wildman–Crippen LogP) is 2.59. The quantitative estimate of drug-likeness (QED) is 0.912. The first-order chi connectivity index (χ1) is 11.1. The maximum atomic E-state index is 12.9. The van der Waals surface area contributed by atoms with Gasteiger partial charge in [-0.25, -0.2) is 0 Å². The number of nitrogens with one attached hydrogen (secondary N) is 1. The molecule has 4 heteroatoms. The lowest BCUT2D eigenvalue weighted by Gasteiger charge is -2.41. The average Bonchev–Trinajstić information content (AvgIpc) is 2.58. The summed E-state index contributed by atoms with van der Waals surface area (Å²) in [7, 11) is 0. The fraction of sp³-hybridized carbons (Fsp3) is 0.632. The second kappa shape index (κ2) is 7.02. The van der Waals surface area contributed by atoms with Crippen LogP contribution in [0.1, 0.15) is 42.6 Å². The summed E-state index contributed by atoms with van der Waals surface area (Å²) in [6.07, 6.45) is 1.91. The number of aryl methyl sites for hydroxylation is 2. The van der Waals surface area contributed by atoms with E-state index in [2.05, 4.69) is 49.2 Å². The zero-order chi connectivity index (χ0) is 16.4. The van der Waals surface area contributed by atoms with Crippen molar-refractivity contribution in [1.82, 2.24) is 10.2 Å². The lowest BCUT2D eigenvalue weighted by molar-refractivity contribution is -0.149. The number of piperidine rings is 1. The summed E-state index contributed by atoms with van der Waals surface area (Å²) < 4.78 is 6.07. The van der Waals surface area contributed by atoms with Gasteiger partial charge < -0.3 is 15.0 Å². The van der Waals surface area contributed by atoms with E-state index in [1.165, 1.54) is 16.7 Å². The largest absolute Gasteiger partial charge is 0.370 e. The molecule has 0 bridgehead atoms. The van der Waals surface area contributed by atoms with Gasteiger partial charge in [-0.2, -0.15) is 0 Å². The molecule has 126 valence electrons. The topological polar surface area (TPSA) is 41.6 Å². The van der Waals surface area contributed by atoms with Gasteiger partial charge in [-0.1, -0.05) is 23.8 Å². The number of hydrogen-bond donors (Lipinski definition) is 1. The number of hydrogen-bond acceptors (Lipinski definition) is 3. The molecular formula is C19H28N2O2. The molecule has 2 saturated heterocycles. The molecule has 2 fully saturated rings. The number of nitrogens with zero attached hydrogens (tertiary/aromatic N) is 1. The molecule has 0 aliphatic carbocycles. The number of morpholine rings is 1. The summed E-state index contributed by atoms with van der Waals surface area (Å²) >= 11 is 0. The van der Waals surface area contributed by atoms with Crippen molar-refractivity contribution in [2.24, 2.45) is 5.92 Å². The van der Waals surface area contributed by atoms with Gasteiger partial charge in [0.2, 0.25) is 5.91 Å². The Kier molecular flexibility index (Phi) is 5.02. The normalized spacial score (nSPS) is 26.3. The van der Waals surface area contributed by atoms with Gasteiger partial charge in [0.25, 0.3) is 0 Å². The molecule has 0 aromatic heterocycles. The third-order valence-corrected chi connectivity index (χ3v) is 5.19. The van der Waals surface area contributed by atoms with Gasteiger partial charge in [-0.3, -0.25) is 4.79 Å². The van der Waals surface area contributed by atoms with Crippen LogP contribution >= 0.6 is 0 Å². The number of amides is 1. The van der Waals surface area contributed by atoms with Gasteiger partial charge in [0.05, 0.1) is 19.2 Å². The third-order valence-electron chi connectivity index (χ3n) is 5.19. The molecule has 0 spiro atoms. The van der Waals surface area contributed by atoms with Crippen LogP contribution in [0.2, 0.25) is 0 Å². The molecule has 23 heavy (non-hydrogen) atoms. The molecule has 1 aromatic rings. The zero-order valence-corrected chi connectivity index (χ0v) is 14.5. The molecule has 2 aliphatic rings. The molecule has 4 nitrogen and oxygen atoms in total. The second-order valence-corrected chi connectivity index (χ2v) is 7.05. The molecule has 2 heterocycles.